The van der Waals surface area contributed by atoms with Crippen molar-refractivity contribution in [2.75, 3.05) is 25.1 Å². The van der Waals surface area contributed by atoms with Crippen molar-refractivity contribution in [1.29, 1.82) is 0 Å². The molecule has 1 aromatic rings. The highest BCUT2D eigenvalue weighted by Gasteiger charge is 2.39. The van der Waals surface area contributed by atoms with Gasteiger partial charge in [0.15, 0.2) is 9.84 Å². The fraction of sp³-hybridized carbons (Fsp3) is 0.533. The SMILES string of the molecule is CN(CC(=O)NC1CCS(=O)(=O)C1)S(=O)(=O)c1cc(C(F)(F)F)cc(C(F)(F)F)c1. The molecule has 0 radical (unpaired) electrons. The molecule has 7 nitrogen and oxygen atoms in total. The molecule has 1 atom stereocenters. The van der Waals surface area contributed by atoms with Crippen molar-refractivity contribution in [3.63, 3.8) is 0 Å². The summed E-state index contributed by atoms with van der Waals surface area (Å²) in [4.78, 5) is 10.7. The molecular formula is C15H16F6N2O5S2. The van der Waals surface area contributed by atoms with Gasteiger partial charge < -0.3 is 5.32 Å². The Labute approximate surface area is 168 Å². The highest BCUT2D eigenvalue weighted by Crippen LogP contribution is 2.37. The number of sulfonamides is 1. The largest absolute Gasteiger partial charge is 0.416 e. The van der Waals surface area contributed by atoms with Crippen LogP contribution in [-0.2, 0) is 37.0 Å². The molecule has 1 unspecified atom stereocenters. The van der Waals surface area contributed by atoms with Crippen LogP contribution in [0.1, 0.15) is 17.5 Å². The monoisotopic (exact) mass is 482 g/mol. The number of hydrogen-bond donors (Lipinski definition) is 1. The molecule has 1 aromatic carbocycles. The maximum atomic E-state index is 12.9. The molecule has 1 fully saturated rings. The van der Waals surface area contributed by atoms with Crippen molar-refractivity contribution < 1.29 is 48.0 Å². The summed E-state index contributed by atoms with van der Waals surface area (Å²) in [6.07, 6.45) is -10.4. The summed E-state index contributed by atoms with van der Waals surface area (Å²) in [6, 6.07) is -0.888. The summed E-state index contributed by atoms with van der Waals surface area (Å²) in [5, 5.41) is 2.28. The maximum absolute atomic E-state index is 12.9. The normalized spacial score (nSPS) is 19.8. The number of alkyl halides is 6. The summed E-state index contributed by atoms with van der Waals surface area (Å²) in [7, 11) is -7.44. The predicted molar refractivity (Wildman–Crippen MR) is 91.5 cm³/mol. The van der Waals surface area contributed by atoms with Crippen molar-refractivity contribution in [3.05, 3.63) is 29.3 Å². The van der Waals surface area contributed by atoms with Crippen LogP contribution in [0, 0.1) is 0 Å². The second kappa shape index (κ2) is 8.00. The Morgan fingerprint density at radius 3 is 2.00 bits per heavy atom. The zero-order valence-electron chi connectivity index (χ0n) is 15.2. The van der Waals surface area contributed by atoms with Gasteiger partial charge in [0, 0.05) is 13.1 Å². The lowest BCUT2D eigenvalue weighted by Gasteiger charge is -2.20. The number of sulfone groups is 1. The molecule has 1 saturated heterocycles. The smallest absolute Gasteiger partial charge is 0.351 e. The fourth-order valence-electron chi connectivity index (χ4n) is 2.72. The summed E-state index contributed by atoms with van der Waals surface area (Å²) >= 11 is 0. The summed E-state index contributed by atoms with van der Waals surface area (Å²) in [5.74, 6) is -1.47. The third-order valence-corrected chi connectivity index (χ3v) is 7.78. The van der Waals surface area contributed by atoms with Crippen molar-refractivity contribution in [2.45, 2.75) is 29.7 Å². The van der Waals surface area contributed by atoms with E-state index in [0.717, 1.165) is 7.05 Å². The lowest BCUT2D eigenvalue weighted by Crippen LogP contribution is -2.43. The Hall–Kier alpha value is -1.87. The van der Waals surface area contributed by atoms with Crippen LogP contribution in [0.3, 0.4) is 0 Å². The quantitative estimate of drug-likeness (QED) is 0.644. The van der Waals surface area contributed by atoms with Gasteiger partial charge in [0.2, 0.25) is 15.9 Å². The van der Waals surface area contributed by atoms with E-state index in [4.69, 9.17) is 0 Å². The third kappa shape index (κ3) is 5.85. The van der Waals surface area contributed by atoms with E-state index >= 15 is 0 Å². The van der Waals surface area contributed by atoms with E-state index in [-0.39, 0.29) is 40.4 Å². The van der Waals surface area contributed by atoms with E-state index in [1.165, 1.54) is 0 Å². The Morgan fingerprint density at radius 2 is 1.60 bits per heavy atom. The number of benzene rings is 1. The molecule has 1 heterocycles. The number of nitrogens with one attached hydrogen (secondary N) is 1. The van der Waals surface area contributed by atoms with Gasteiger partial charge in [-0.15, -0.1) is 0 Å². The van der Waals surface area contributed by atoms with Crippen LogP contribution in [0.25, 0.3) is 0 Å². The molecule has 30 heavy (non-hydrogen) atoms. The zero-order chi connectivity index (χ0) is 23.1. The molecule has 1 aliphatic heterocycles. The van der Waals surface area contributed by atoms with E-state index in [2.05, 4.69) is 5.32 Å². The van der Waals surface area contributed by atoms with E-state index in [1.54, 1.807) is 0 Å². The summed E-state index contributed by atoms with van der Waals surface area (Å²) < 4.78 is 126. The minimum atomic E-state index is -5.24. The van der Waals surface area contributed by atoms with Crippen LogP contribution in [0.4, 0.5) is 26.3 Å². The number of rotatable bonds is 5. The van der Waals surface area contributed by atoms with Crippen LogP contribution in [0.15, 0.2) is 23.1 Å². The number of hydrogen-bond acceptors (Lipinski definition) is 5. The number of carbonyl (C=O) groups excluding carboxylic acids is 1. The first-order chi connectivity index (χ1) is 13.4. The number of carbonyl (C=O) groups is 1. The van der Waals surface area contributed by atoms with Gasteiger partial charge in [-0.25, -0.2) is 16.8 Å². The minimum absolute atomic E-state index is 0.0442. The molecule has 1 amide bonds. The van der Waals surface area contributed by atoms with E-state index < -0.39 is 66.7 Å². The van der Waals surface area contributed by atoms with E-state index in [1.807, 2.05) is 0 Å². The topological polar surface area (TPSA) is 101 Å². The van der Waals surface area contributed by atoms with Gasteiger partial charge in [-0.2, -0.15) is 30.6 Å². The number of likely N-dealkylation sites (N-methyl/N-ethyl adjacent to an activating group) is 1. The second-order valence-corrected chi connectivity index (χ2v) is 10.9. The van der Waals surface area contributed by atoms with Gasteiger partial charge in [-0.3, -0.25) is 4.79 Å². The first-order valence-electron chi connectivity index (χ1n) is 8.17. The number of nitrogens with zero attached hydrogens (tertiary/aromatic N) is 1. The molecule has 0 aromatic heterocycles. The molecule has 0 bridgehead atoms. The van der Waals surface area contributed by atoms with Gasteiger partial charge in [0.05, 0.1) is 34.1 Å². The van der Waals surface area contributed by atoms with Gasteiger partial charge in [0.1, 0.15) is 0 Å². The van der Waals surface area contributed by atoms with Crippen molar-refractivity contribution in [2.24, 2.45) is 0 Å². The highest BCUT2D eigenvalue weighted by molar-refractivity contribution is 7.91. The van der Waals surface area contributed by atoms with Crippen LogP contribution >= 0.6 is 0 Å². The van der Waals surface area contributed by atoms with Crippen LogP contribution < -0.4 is 5.32 Å². The Balaban J connectivity index is 2.27. The molecule has 2 rings (SSSR count). The standard InChI is InChI=1S/C15H16F6N2O5S2/c1-23(7-13(24)22-11-2-3-29(25,26)8-11)30(27,28)12-5-9(14(16,17)18)4-10(6-12)15(19,20)21/h4-6,11H,2-3,7-8H2,1H3,(H,22,24). The molecule has 1 N–H and O–H groups in total. The molecule has 15 heteroatoms. The minimum Gasteiger partial charge on any atom is -0.351 e. The molecular weight excluding hydrogens is 466 g/mol. The van der Waals surface area contributed by atoms with Gasteiger partial charge >= 0.3 is 12.4 Å². The predicted octanol–water partition coefficient (Wildman–Crippen LogP) is 1.65. The van der Waals surface area contributed by atoms with Gasteiger partial charge in [0.25, 0.3) is 0 Å². The summed E-state index contributed by atoms with van der Waals surface area (Å²) in [6.45, 7) is -0.934. The lowest BCUT2D eigenvalue weighted by molar-refractivity contribution is -0.143. The average Bonchev–Trinajstić information content (AvgIpc) is 2.91. The Morgan fingerprint density at radius 1 is 1.10 bits per heavy atom. The van der Waals surface area contributed by atoms with Crippen LogP contribution in [-0.4, -0.2) is 58.2 Å². The first kappa shape index (κ1) is 24.4. The molecule has 0 aliphatic carbocycles. The highest BCUT2D eigenvalue weighted by atomic mass is 32.2. The van der Waals surface area contributed by atoms with Crippen LogP contribution in [0.5, 0.6) is 0 Å². The molecule has 170 valence electrons. The average molecular weight is 482 g/mol. The number of amides is 1. The molecule has 0 saturated carbocycles. The van der Waals surface area contributed by atoms with Gasteiger partial charge in [-0.1, -0.05) is 0 Å². The van der Waals surface area contributed by atoms with Crippen LogP contribution in [0.2, 0.25) is 0 Å². The molecule has 0 spiro atoms. The molecule has 1 aliphatic rings. The Kier molecular flexibility index (Phi) is 6.50. The first-order valence-corrected chi connectivity index (χ1v) is 11.4. The van der Waals surface area contributed by atoms with Crippen molar-refractivity contribution in [1.82, 2.24) is 9.62 Å². The van der Waals surface area contributed by atoms with E-state index in [0.29, 0.717) is 0 Å². The van der Waals surface area contributed by atoms with Gasteiger partial charge in [-0.05, 0) is 24.6 Å². The summed E-state index contributed by atoms with van der Waals surface area (Å²) in [5.41, 5.74) is -3.63. The maximum Gasteiger partial charge on any atom is 0.416 e. The Bertz CT molecular complexity index is 1000. The van der Waals surface area contributed by atoms with E-state index in [9.17, 15) is 48.0 Å². The van der Waals surface area contributed by atoms with Crippen molar-refractivity contribution in [3.8, 4) is 0 Å². The lowest BCUT2D eigenvalue weighted by atomic mass is 10.1. The van der Waals surface area contributed by atoms with Crippen molar-refractivity contribution >= 4 is 25.8 Å². The third-order valence-electron chi connectivity index (χ3n) is 4.23. The fourth-order valence-corrected chi connectivity index (χ4v) is 5.60. The number of halogens is 6. The second-order valence-electron chi connectivity index (χ2n) is 6.67. The zero-order valence-corrected chi connectivity index (χ0v) is 16.8.